The first-order valence-electron chi connectivity index (χ1n) is 6.48. The summed E-state index contributed by atoms with van der Waals surface area (Å²) in [6.45, 7) is 5.04. The molecule has 2 aromatic carbocycles. The normalized spacial score (nSPS) is 10.8. The third-order valence-corrected chi connectivity index (χ3v) is 3.03. The highest BCUT2D eigenvalue weighted by Gasteiger charge is 2.08. The van der Waals surface area contributed by atoms with E-state index in [1.54, 1.807) is 0 Å². The molecule has 1 N–H and O–H groups in total. The lowest BCUT2D eigenvalue weighted by Gasteiger charge is -2.00. The molecule has 0 saturated heterocycles. The fourth-order valence-electron chi connectivity index (χ4n) is 2.14. The van der Waals surface area contributed by atoms with Gasteiger partial charge in [-0.05, 0) is 44.2 Å². The van der Waals surface area contributed by atoms with Gasteiger partial charge >= 0.3 is 0 Å². The molecule has 96 valence electrons. The average molecular weight is 252 g/mol. The van der Waals surface area contributed by atoms with E-state index in [1.165, 1.54) is 5.56 Å². The number of oxazole rings is 1. The second-order valence-corrected chi connectivity index (χ2v) is 4.60. The van der Waals surface area contributed by atoms with Crippen molar-refractivity contribution in [2.75, 3.05) is 11.9 Å². The van der Waals surface area contributed by atoms with Crippen molar-refractivity contribution in [2.45, 2.75) is 13.8 Å². The molecule has 0 unspecified atom stereocenters. The minimum atomic E-state index is 0.673. The standard InChI is InChI=1S/C16H16N2O/c1-3-17-13-7-8-15-14(10-13)18-16(19-15)12-6-4-5-11(2)9-12/h4-10,17H,3H2,1-2H3. The zero-order chi connectivity index (χ0) is 13.2. The van der Waals surface area contributed by atoms with Gasteiger partial charge in [0.05, 0.1) is 0 Å². The van der Waals surface area contributed by atoms with E-state index in [0.717, 1.165) is 28.9 Å². The number of fused-ring (bicyclic) bond motifs is 1. The predicted octanol–water partition coefficient (Wildman–Crippen LogP) is 4.24. The molecule has 1 aromatic heterocycles. The van der Waals surface area contributed by atoms with Crippen molar-refractivity contribution in [1.29, 1.82) is 0 Å². The van der Waals surface area contributed by atoms with Gasteiger partial charge in [0.1, 0.15) is 5.52 Å². The molecule has 3 aromatic rings. The maximum absolute atomic E-state index is 5.80. The van der Waals surface area contributed by atoms with Crippen LogP contribution in [0.1, 0.15) is 12.5 Å². The van der Waals surface area contributed by atoms with E-state index in [-0.39, 0.29) is 0 Å². The zero-order valence-electron chi connectivity index (χ0n) is 11.1. The van der Waals surface area contributed by atoms with Crippen LogP contribution in [-0.4, -0.2) is 11.5 Å². The molecule has 0 aliphatic carbocycles. The first-order valence-corrected chi connectivity index (χ1v) is 6.48. The topological polar surface area (TPSA) is 38.1 Å². The van der Waals surface area contributed by atoms with Gasteiger partial charge in [-0.2, -0.15) is 0 Å². The maximum atomic E-state index is 5.80. The summed E-state index contributed by atoms with van der Waals surface area (Å²) in [5, 5.41) is 3.28. The summed E-state index contributed by atoms with van der Waals surface area (Å²) in [4.78, 5) is 4.56. The number of nitrogens with zero attached hydrogens (tertiary/aromatic N) is 1. The minimum Gasteiger partial charge on any atom is -0.436 e. The van der Waals surface area contributed by atoms with Gasteiger partial charge in [0.15, 0.2) is 5.58 Å². The zero-order valence-corrected chi connectivity index (χ0v) is 11.1. The third kappa shape index (κ3) is 2.32. The molecule has 0 fully saturated rings. The van der Waals surface area contributed by atoms with Gasteiger partial charge < -0.3 is 9.73 Å². The number of benzene rings is 2. The van der Waals surface area contributed by atoms with Crippen LogP contribution < -0.4 is 5.32 Å². The Balaban J connectivity index is 2.06. The van der Waals surface area contributed by atoms with Crippen LogP contribution in [0.3, 0.4) is 0 Å². The fourth-order valence-corrected chi connectivity index (χ4v) is 2.14. The SMILES string of the molecule is CCNc1ccc2oc(-c3cccc(C)c3)nc2c1. The lowest BCUT2D eigenvalue weighted by atomic mass is 10.1. The fraction of sp³-hybridized carbons (Fsp3) is 0.188. The van der Waals surface area contributed by atoms with Crippen LogP contribution in [0, 0.1) is 6.92 Å². The van der Waals surface area contributed by atoms with Crippen molar-refractivity contribution < 1.29 is 4.42 Å². The van der Waals surface area contributed by atoms with Crippen molar-refractivity contribution in [1.82, 2.24) is 4.98 Å². The Hall–Kier alpha value is -2.29. The lowest BCUT2D eigenvalue weighted by Crippen LogP contribution is -1.95. The number of hydrogen-bond donors (Lipinski definition) is 1. The molecule has 0 aliphatic heterocycles. The van der Waals surface area contributed by atoms with Crippen molar-refractivity contribution in [3.8, 4) is 11.5 Å². The number of rotatable bonds is 3. The van der Waals surface area contributed by atoms with Gasteiger partial charge in [0.2, 0.25) is 5.89 Å². The van der Waals surface area contributed by atoms with E-state index in [2.05, 4.69) is 36.3 Å². The molecule has 0 saturated carbocycles. The van der Waals surface area contributed by atoms with E-state index in [1.807, 2.05) is 30.3 Å². The summed E-state index contributed by atoms with van der Waals surface area (Å²) in [6, 6.07) is 14.2. The summed E-state index contributed by atoms with van der Waals surface area (Å²) in [5.74, 6) is 0.673. The Morgan fingerprint density at radius 3 is 2.84 bits per heavy atom. The predicted molar refractivity (Wildman–Crippen MR) is 78.3 cm³/mol. The molecule has 3 nitrogen and oxygen atoms in total. The highest BCUT2D eigenvalue weighted by molar-refractivity contribution is 5.80. The van der Waals surface area contributed by atoms with Crippen LogP contribution in [0.15, 0.2) is 46.9 Å². The minimum absolute atomic E-state index is 0.673. The van der Waals surface area contributed by atoms with Gasteiger partial charge in [-0.25, -0.2) is 4.98 Å². The molecular formula is C16H16N2O. The number of aromatic nitrogens is 1. The second kappa shape index (κ2) is 4.76. The molecule has 0 atom stereocenters. The largest absolute Gasteiger partial charge is 0.436 e. The number of hydrogen-bond acceptors (Lipinski definition) is 3. The van der Waals surface area contributed by atoms with E-state index >= 15 is 0 Å². The Bertz CT molecular complexity index is 716. The molecule has 19 heavy (non-hydrogen) atoms. The highest BCUT2D eigenvalue weighted by Crippen LogP contribution is 2.26. The molecule has 3 rings (SSSR count). The quantitative estimate of drug-likeness (QED) is 0.757. The molecule has 1 heterocycles. The van der Waals surface area contributed by atoms with E-state index < -0.39 is 0 Å². The monoisotopic (exact) mass is 252 g/mol. The average Bonchev–Trinajstić information content (AvgIpc) is 2.82. The summed E-state index contributed by atoms with van der Waals surface area (Å²) in [5.41, 5.74) is 4.99. The summed E-state index contributed by atoms with van der Waals surface area (Å²) in [7, 11) is 0. The molecule has 0 amide bonds. The van der Waals surface area contributed by atoms with E-state index in [9.17, 15) is 0 Å². The summed E-state index contributed by atoms with van der Waals surface area (Å²) in [6.07, 6.45) is 0. The van der Waals surface area contributed by atoms with E-state index in [4.69, 9.17) is 4.42 Å². The number of nitrogens with one attached hydrogen (secondary N) is 1. The first-order chi connectivity index (χ1) is 9.26. The molecule has 0 aliphatic rings. The maximum Gasteiger partial charge on any atom is 0.227 e. The first kappa shape index (κ1) is 11.8. The van der Waals surface area contributed by atoms with Crippen LogP contribution in [0.2, 0.25) is 0 Å². The highest BCUT2D eigenvalue weighted by atomic mass is 16.3. The van der Waals surface area contributed by atoms with E-state index in [0.29, 0.717) is 5.89 Å². The summed E-state index contributed by atoms with van der Waals surface area (Å²) >= 11 is 0. The van der Waals surface area contributed by atoms with Crippen LogP contribution in [-0.2, 0) is 0 Å². The molecule has 0 bridgehead atoms. The van der Waals surface area contributed by atoms with Crippen LogP contribution >= 0.6 is 0 Å². The van der Waals surface area contributed by atoms with Gasteiger partial charge in [0.25, 0.3) is 0 Å². The van der Waals surface area contributed by atoms with Crippen molar-refractivity contribution >= 4 is 16.8 Å². The van der Waals surface area contributed by atoms with Gasteiger partial charge in [-0.3, -0.25) is 0 Å². The van der Waals surface area contributed by atoms with Crippen molar-refractivity contribution in [3.05, 3.63) is 48.0 Å². The molecular weight excluding hydrogens is 236 g/mol. The third-order valence-electron chi connectivity index (χ3n) is 3.03. The Kier molecular flexibility index (Phi) is 2.95. The molecule has 3 heteroatoms. The van der Waals surface area contributed by atoms with Crippen LogP contribution in [0.4, 0.5) is 5.69 Å². The second-order valence-electron chi connectivity index (χ2n) is 4.60. The summed E-state index contributed by atoms with van der Waals surface area (Å²) < 4.78 is 5.80. The van der Waals surface area contributed by atoms with Crippen LogP contribution in [0.25, 0.3) is 22.6 Å². The van der Waals surface area contributed by atoms with Crippen molar-refractivity contribution in [3.63, 3.8) is 0 Å². The Morgan fingerprint density at radius 2 is 2.05 bits per heavy atom. The Morgan fingerprint density at radius 1 is 1.16 bits per heavy atom. The van der Waals surface area contributed by atoms with Crippen molar-refractivity contribution in [2.24, 2.45) is 0 Å². The molecule has 0 spiro atoms. The Labute approximate surface area is 112 Å². The number of aryl methyl sites for hydroxylation is 1. The van der Waals surface area contributed by atoms with Crippen LogP contribution in [0.5, 0.6) is 0 Å². The smallest absolute Gasteiger partial charge is 0.227 e. The number of anilines is 1. The molecule has 0 radical (unpaired) electrons. The lowest BCUT2D eigenvalue weighted by molar-refractivity contribution is 0.620. The van der Waals surface area contributed by atoms with Gasteiger partial charge in [-0.1, -0.05) is 17.7 Å². The van der Waals surface area contributed by atoms with Gasteiger partial charge in [-0.15, -0.1) is 0 Å². The van der Waals surface area contributed by atoms with Gasteiger partial charge in [0, 0.05) is 17.8 Å².